The quantitative estimate of drug-likeness (QED) is 0.878. The number of hydrogen-bond donors (Lipinski definition) is 1. The lowest BCUT2D eigenvalue weighted by Crippen LogP contribution is -2.42. The first-order chi connectivity index (χ1) is 12.5. The summed E-state index contributed by atoms with van der Waals surface area (Å²) in [5, 5.41) is 12.7. The molecule has 3 rings (SSSR count). The van der Waals surface area contributed by atoms with Crippen LogP contribution in [0.3, 0.4) is 0 Å². The number of carbonyl (C=O) groups excluding carboxylic acids is 1. The van der Waals surface area contributed by atoms with Gasteiger partial charge in [-0.05, 0) is 58.6 Å². The van der Waals surface area contributed by atoms with E-state index in [0.29, 0.717) is 30.5 Å². The van der Waals surface area contributed by atoms with Gasteiger partial charge >= 0.3 is 0 Å². The zero-order chi connectivity index (χ0) is 18.7. The number of aromatic nitrogens is 1. The van der Waals surface area contributed by atoms with Crippen molar-refractivity contribution in [2.24, 2.45) is 0 Å². The van der Waals surface area contributed by atoms with Crippen LogP contribution in [0.2, 0.25) is 0 Å². The molecule has 6 nitrogen and oxygen atoms in total. The number of nitrogens with one attached hydrogen (secondary N) is 1. The Hall–Kier alpha value is -1.84. The van der Waals surface area contributed by atoms with E-state index in [9.17, 15) is 10.1 Å². The molecule has 0 aromatic carbocycles. The molecule has 6 heteroatoms. The van der Waals surface area contributed by atoms with Crippen molar-refractivity contribution in [3.63, 3.8) is 0 Å². The average molecular weight is 358 g/mol. The molecule has 3 heterocycles. The summed E-state index contributed by atoms with van der Waals surface area (Å²) in [5.41, 5.74) is 2.53. The third-order valence-corrected chi connectivity index (χ3v) is 5.90. The zero-order valence-corrected chi connectivity index (χ0v) is 16.2. The Labute approximate surface area is 156 Å². The molecule has 2 fully saturated rings. The fourth-order valence-corrected chi connectivity index (χ4v) is 4.10. The highest BCUT2D eigenvalue weighted by Crippen LogP contribution is 2.28. The Morgan fingerprint density at radius 3 is 2.77 bits per heavy atom. The van der Waals surface area contributed by atoms with Gasteiger partial charge in [-0.3, -0.25) is 9.69 Å². The van der Waals surface area contributed by atoms with Crippen molar-refractivity contribution in [2.75, 3.05) is 25.0 Å². The highest BCUT2D eigenvalue weighted by Gasteiger charge is 2.25. The number of amides is 1. The largest absolute Gasteiger partial charge is 0.376 e. The van der Waals surface area contributed by atoms with Crippen LogP contribution in [0, 0.1) is 25.2 Å². The Bertz CT molecular complexity index is 698. The van der Waals surface area contributed by atoms with Gasteiger partial charge in [0, 0.05) is 18.3 Å². The maximum absolute atomic E-state index is 12.7. The molecule has 0 unspecified atom stereocenters. The number of piperidine rings is 1. The number of nitriles is 1. The van der Waals surface area contributed by atoms with Gasteiger partial charge in [0.05, 0.1) is 24.8 Å². The van der Waals surface area contributed by atoms with Crippen LogP contribution in [-0.4, -0.2) is 47.2 Å². The van der Waals surface area contributed by atoms with Gasteiger partial charge in [-0.15, -0.1) is 0 Å². The Morgan fingerprint density at radius 1 is 1.31 bits per heavy atom. The number of anilines is 1. The third kappa shape index (κ3) is 3.94. The minimum absolute atomic E-state index is 0.0404. The van der Waals surface area contributed by atoms with Crippen molar-refractivity contribution in [3.05, 3.63) is 16.8 Å². The zero-order valence-electron chi connectivity index (χ0n) is 16.2. The SMILES string of the molecule is Cc1c(C#N)c(NC(=O)CN2CCCC[C@@H]2C)n(C[C@@H]2CCCO2)c1C. The van der Waals surface area contributed by atoms with Gasteiger partial charge in [-0.1, -0.05) is 6.42 Å². The maximum atomic E-state index is 12.7. The first-order valence-corrected chi connectivity index (χ1v) is 9.76. The van der Waals surface area contributed by atoms with Gasteiger partial charge in [0.15, 0.2) is 0 Å². The lowest BCUT2D eigenvalue weighted by molar-refractivity contribution is -0.118. The molecule has 1 N–H and O–H groups in total. The molecule has 1 aromatic heterocycles. The van der Waals surface area contributed by atoms with E-state index in [0.717, 1.165) is 50.1 Å². The fraction of sp³-hybridized carbons (Fsp3) is 0.700. The van der Waals surface area contributed by atoms with Crippen molar-refractivity contribution in [1.82, 2.24) is 9.47 Å². The van der Waals surface area contributed by atoms with Crippen LogP contribution in [0.1, 0.15) is 55.8 Å². The van der Waals surface area contributed by atoms with Crippen LogP contribution in [0.25, 0.3) is 0 Å². The number of rotatable bonds is 5. The fourth-order valence-electron chi connectivity index (χ4n) is 4.10. The molecule has 2 saturated heterocycles. The van der Waals surface area contributed by atoms with Crippen molar-refractivity contribution in [1.29, 1.82) is 5.26 Å². The summed E-state index contributed by atoms with van der Waals surface area (Å²) in [6.45, 7) is 8.97. The van der Waals surface area contributed by atoms with Gasteiger partial charge in [0.25, 0.3) is 0 Å². The second kappa shape index (κ2) is 8.24. The molecule has 2 aliphatic rings. The smallest absolute Gasteiger partial charge is 0.239 e. The van der Waals surface area contributed by atoms with Crippen molar-refractivity contribution < 1.29 is 9.53 Å². The van der Waals surface area contributed by atoms with E-state index in [2.05, 4.69) is 27.8 Å². The summed E-state index contributed by atoms with van der Waals surface area (Å²) in [5.74, 6) is 0.592. The van der Waals surface area contributed by atoms with E-state index in [-0.39, 0.29) is 12.0 Å². The van der Waals surface area contributed by atoms with Crippen LogP contribution in [0.5, 0.6) is 0 Å². The second-order valence-electron chi connectivity index (χ2n) is 7.65. The molecule has 0 bridgehead atoms. The summed E-state index contributed by atoms with van der Waals surface area (Å²) in [4.78, 5) is 14.9. The monoisotopic (exact) mass is 358 g/mol. The molecular formula is C20H30N4O2. The van der Waals surface area contributed by atoms with Gasteiger partial charge < -0.3 is 14.6 Å². The molecule has 1 amide bonds. The predicted molar refractivity (Wildman–Crippen MR) is 101 cm³/mol. The molecule has 1 aromatic rings. The summed E-state index contributed by atoms with van der Waals surface area (Å²) >= 11 is 0. The van der Waals surface area contributed by atoms with Crippen molar-refractivity contribution in [2.45, 2.75) is 71.6 Å². The van der Waals surface area contributed by atoms with E-state index in [1.807, 2.05) is 13.8 Å². The molecule has 0 radical (unpaired) electrons. The topological polar surface area (TPSA) is 70.3 Å². The van der Waals surface area contributed by atoms with Crippen molar-refractivity contribution in [3.8, 4) is 6.07 Å². The van der Waals surface area contributed by atoms with Crippen LogP contribution in [0.4, 0.5) is 5.82 Å². The highest BCUT2D eigenvalue weighted by molar-refractivity contribution is 5.93. The Kier molecular flexibility index (Phi) is 6.00. The summed E-state index contributed by atoms with van der Waals surface area (Å²) < 4.78 is 7.82. The number of carbonyl (C=O) groups is 1. The van der Waals surface area contributed by atoms with Gasteiger partial charge in [-0.25, -0.2) is 0 Å². The van der Waals surface area contributed by atoms with E-state index in [4.69, 9.17) is 4.74 Å². The molecule has 0 aliphatic carbocycles. The lowest BCUT2D eigenvalue weighted by atomic mass is 10.0. The molecule has 2 atom stereocenters. The number of nitrogens with zero attached hydrogens (tertiary/aromatic N) is 3. The first-order valence-electron chi connectivity index (χ1n) is 9.76. The van der Waals surface area contributed by atoms with Crippen molar-refractivity contribution >= 4 is 11.7 Å². The van der Waals surface area contributed by atoms with Gasteiger partial charge in [-0.2, -0.15) is 5.26 Å². The molecule has 2 aliphatic heterocycles. The van der Waals surface area contributed by atoms with E-state index in [1.54, 1.807) is 0 Å². The maximum Gasteiger partial charge on any atom is 0.239 e. The van der Waals surface area contributed by atoms with Crippen LogP contribution in [0.15, 0.2) is 0 Å². The summed E-state index contributed by atoms with van der Waals surface area (Å²) in [6.07, 6.45) is 5.78. The van der Waals surface area contributed by atoms with Crippen LogP contribution >= 0.6 is 0 Å². The minimum atomic E-state index is -0.0404. The Balaban J connectivity index is 1.77. The minimum Gasteiger partial charge on any atom is -0.376 e. The summed E-state index contributed by atoms with van der Waals surface area (Å²) in [7, 11) is 0. The van der Waals surface area contributed by atoms with E-state index < -0.39 is 0 Å². The molecule has 142 valence electrons. The molecule has 0 spiro atoms. The van der Waals surface area contributed by atoms with Gasteiger partial charge in [0.2, 0.25) is 5.91 Å². The third-order valence-electron chi connectivity index (χ3n) is 5.90. The van der Waals surface area contributed by atoms with E-state index in [1.165, 1.54) is 6.42 Å². The summed E-state index contributed by atoms with van der Waals surface area (Å²) in [6, 6.07) is 2.71. The van der Waals surface area contributed by atoms with Crippen LogP contribution in [-0.2, 0) is 16.1 Å². The number of hydrogen-bond acceptors (Lipinski definition) is 4. The first kappa shape index (κ1) is 18.9. The second-order valence-corrected chi connectivity index (χ2v) is 7.65. The average Bonchev–Trinajstić information content (AvgIpc) is 3.20. The van der Waals surface area contributed by atoms with Gasteiger partial charge in [0.1, 0.15) is 11.9 Å². The molecular weight excluding hydrogens is 328 g/mol. The predicted octanol–water partition coefficient (Wildman–Crippen LogP) is 2.97. The standard InChI is InChI=1S/C20H30N4O2/c1-14-7-4-5-9-23(14)13-19(25)22-20-18(11-21)15(2)16(3)24(20)12-17-8-6-10-26-17/h14,17H,4-10,12-13H2,1-3H3,(H,22,25)/t14-,17-/m0/s1. The number of likely N-dealkylation sites (tertiary alicyclic amines) is 1. The number of ether oxygens (including phenoxy) is 1. The lowest BCUT2D eigenvalue weighted by Gasteiger charge is -2.32. The molecule has 0 saturated carbocycles. The normalized spacial score (nSPS) is 23.8. The molecule has 26 heavy (non-hydrogen) atoms. The Morgan fingerprint density at radius 2 is 2.12 bits per heavy atom. The highest BCUT2D eigenvalue weighted by atomic mass is 16.5. The van der Waals surface area contributed by atoms with Crippen LogP contribution < -0.4 is 5.32 Å². The van der Waals surface area contributed by atoms with E-state index >= 15 is 0 Å².